The number of hydrogen-bond donors (Lipinski definition) is 1. The number of hydrogen-bond acceptors (Lipinski definition) is 3. The van der Waals surface area contributed by atoms with Gasteiger partial charge < -0.3 is 10.0 Å². The molecule has 0 radical (unpaired) electrons. The van der Waals surface area contributed by atoms with Crippen LogP contribution in [0, 0.1) is 0 Å². The lowest BCUT2D eigenvalue weighted by molar-refractivity contribution is -0.139. The summed E-state index contributed by atoms with van der Waals surface area (Å²) in [4.78, 5) is 26.6. The van der Waals surface area contributed by atoms with Crippen LogP contribution in [-0.4, -0.2) is 59.5 Å². The van der Waals surface area contributed by atoms with Crippen LogP contribution in [0.5, 0.6) is 0 Å². The SMILES string of the molecule is CCCN(CC(=O)O)CC(=O)N1CCCCCCC1. The molecule has 5 nitrogen and oxygen atoms in total. The third-order valence-electron chi connectivity index (χ3n) is 3.47. The fourth-order valence-corrected chi connectivity index (χ4v) is 2.51. The first-order chi connectivity index (χ1) is 9.13. The van der Waals surface area contributed by atoms with Crippen molar-refractivity contribution < 1.29 is 14.7 Å². The normalized spacial score (nSPS) is 17.1. The van der Waals surface area contributed by atoms with Gasteiger partial charge in [-0.25, -0.2) is 0 Å². The molecule has 1 rings (SSSR count). The van der Waals surface area contributed by atoms with E-state index in [0.717, 1.165) is 32.4 Å². The van der Waals surface area contributed by atoms with Crippen LogP contribution in [0.4, 0.5) is 0 Å². The Hall–Kier alpha value is -1.10. The summed E-state index contributed by atoms with van der Waals surface area (Å²) in [7, 11) is 0. The first-order valence-electron chi connectivity index (χ1n) is 7.35. The van der Waals surface area contributed by atoms with Crippen LogP contribution in [0.1, 0.15) is 45.4 Å². The van der Waals surface area contributed by atoms with Crippen LogP contribution in [0.2, 0.25) is 0 Å². The van der Waals surface area contributed by atoms with Crippen LogP contribution in [0.15, 0.2) is 0 Å². The highest BCUT2D eigenvalue weighted by molar-refractivity contribution is 5.79. The minimum atomic E-state index is -0.867. The number of amides is 1. The lowest BCUT2D eigenvalue weighted by Gasteiger charge is -2.28. The van der Waals surface area contributed by atoms with E-state index in [1.165, 1.54) is 19.3 Å². The van der Waals surface area contributed by atoms with Crippen molar-refractivity contribution in [1.29, 1.82) is 0 Å². The van der Waals surface area contributed by atoms with E-state index in [0.29, 0.717) is 6.54 Å². The van der Waals surface area contributed by atoms with E-state index in [9.17, 15) is 9.59 Å². The summed E-state index contributed by atoms with van der Waals surface area (Å²) >= 11 is 0. The van der Waals surface area contributed by atoms with Crippen LogP contribution in [-0.2, 0) is 9.59 Å². The van der Waals surface area contributed by atoms with Gasteiger partial charge in [0.25, 0.3) is 0 Å². The van der Waals surface area contributed by atoms with Gasteiger partial charge in [-0.2, -0.15) is 0 Å². The monoisotopic (exact) mass is 270 g/mol. The zero-order valence-corrected chi connectivity index (χ0v) is 11.9. The molecule has 0 spiro atoms. The Kier molecular flexibility index (Phi) is 7.48. The lowest BCUT2D eigenvalue weighted by Crippen LogP contribution is -2.43. The number of carbonyl (C=O) groups excluding carboxylic acids is 1. The van der Waals surface area contributed by atoms with Crippen LogP contribution < -0.4 is 0 Å². The number of carboxylic acids is 1. The van der Waals surface area contributed by atoms with Gasteiger partial charge >= 0.3 is 5.97 Å². The molecular formula is C14H26N2O3. The Morgan fingerprint density at radius 1 is 1.05 bits per heavy atom. The van der Waals surface area contributed by atoms with Crippen molar-refractivity contribution >= 4 is 11.9 Å². The van der Waals surface area contributed by atoms with E-state index in [1.54, 1.807) is 4.90 Å². The molecular weight excluding hydrogens is 244 g/mol. The summed E-state index contributed by atoms with van der Waals surface area (Å²) in [5.41, 5.74) is 0. The number of aliphatic carboxylic acids is 1. The maximum absolute atomic E-state index is 12.2. The van der Waals surface area contributed by atoms with E-state index >= 15 is 0 Å². The van der Waals surface area contributed by atoms with E-state index in [2.05, 4.69) is 0 Å². The van der Waals surface area contributed by atoms with Gasteiger partial charge in [-0.1, -0.05) is 26.2 Å². The Labute approximate surface area is 115 Å². The molecule has 0 atom stereocenters. The Bertz CT molecular complexity index is 286. The molecule has 0 aliphatic carbocycles. The second kappa shape index (κ2) is 8.91. The van der Waals surface area contributed by atoms with Gasteiger partial charge in [-0.05, 0) is 25.8 Å². The minimum absolute atomic E-state index is 0.0482. The van der Waals surface area contributed by atoms with Crippen molar-refractivity contribution in [1.82, 2.24) is 9.80 Å². The molecule has 5 heteroatoms. The number of carboxylic acid groups (broad SMARTS) is 1. The summed E-state index contributed by atoms with van der Waals surface area (Å²) in [5.74, 6) is -0.787. The lowest BCUT2D eigenvalue weighted by atomic mass is 10.1. The molecule has 0 aromatic carbocycles. The Balaban J connectivity index is 2.46. The van der Waals surface area contributed by atoms with Crippen LogP contribution in [0.25, 0.3) is 0 Å². The second-order valence-electron chi connectivity index (χ2n) is 5.25. The Morgan fingerprint density at radius 2 is 1.63 bits per heavy atom. The summed E-state index contributed by atoms with van der Waals surface area (Å²) < 4.78 is 0. The maximum atomic E-state index is 12.2. The molecule has 1 aliphatic heterocycles. The first-order valence-corrected chi connectivity index (χ1v) is 7.35. The third kappa shape index (κ3) is 6.57. The molecule has 1 N–H and O–H groups in total. The quantitative estimate of drug-likeness (QED) is 0.796. The fraction of sp³-hybridized carbons (Fsp3) is 0.857. The second-order valence-corrected chi connectivity index (χ2v) is 5.25. The predicted octanol–water partition coefficient (Wildman–Crippen LogP) is 1.58. The molecule has 0 bridgehead atoms. The molecule has 1 heterocycles. The first kappa shape index (κ1) is 16.0. The minimum Gasteiger partial charge on any atom is -0.480 e. The summed E-state index contributed by atoms with van der Waals surface area (Å²) in [6.45, 7) is 4.49. The van der Waals surface area contributed by atoms with Crippen molar-refractivity contribution in [2.24, 2.45) is 0 Å². The van der Waals surface area contributed by atoms with Gasteiger partial charge in [0, 0.05) is 13.1 Å². The number of nitrogens with zero attached hydrogens (tertiary/aromatic N) is 2. The topological polar surface area (TPSA) is 60.9 Å². The molecule has 1 saturated heterocycles. The summed E-state index contributed by atoms with van der Waals surface area (Å²) in [6, 6.07) is 0. The fourth-order valence-electron chi connectivity index (χ4n) is 2.51. The standard InChI is InChI=1S/C14H26N2O3/c1-2-8-15(12-14(18)19)11-13(17)16-9-6-4-3-5-7-10-16/h2-12H2,1H3,(H,18,19). The van der Waals surface area contributed by atoms with E-state index < -0.39 is 5.97 Å². The van der Waals surface area contributed by atoms with Gasteiger partial charge in [0.1, 0.15) is 0 Å². The van der Waals surface area contributed by atoms with Crippen molar-refractivity contribution in [2.75, 3.05) is 32.7 Å². The molecule has 0 unspecified atom stereocenters. The van der Waals surface area contributed by atoms with Gasteiger partial charge in [0.05, 0.1) is 13.1 Å². The molecule has 0 aromatic rings. The highest BCUT2D eigenvalue weighted by atomic mass is 16.4. The summed E-state index contributed by atoms with van der Waals surface area (Å²) in [6.07, 6.45) is 6.65. The van der Waals surface area contributed by atoms with Crippen molar-refractivity contribution in [2.45, 2.75) is 45.4 Å². The average Bonchev–Trinajstić information content (AvgIpc) is 2.27. The number of likely N-dealkylation sites (tertiary alicyclic amines) is 1. The average molecular weight is 270 g/mol. The van der Waals surface area contributed by atoms with Crippen molar-refractivity contribution in [3.05, 3.63) is 0 Å². The maximum Gasteiger partial charge on any atom is 0.317 e. The third-order valence-corrected chi connectivity index (χ3v) is 3.47. The Morgan fingerprint density at radius 3 is 2.16 bits per heavy atom. The van der Waals surface area contributed by atoms with Crippen LogP contribution in [0.3, 0.4) is 0 Å². The number of rotatable bonds is 6. The van der Waals surface area contributed by atoms with Gasteiger partial charge in [0.2, 0.25) is 5.91 Å². The molecule has 1 aliphatic rings. The van der Waals surface area contributed by atoms with Crippen molar-refractivity contribution in [3.63, 3.8) is 0 Å². The highest BCUT2D eigenvalue weighted by Gasteiger charge is 2.19. The van der Waals surface area contributed by atoms with Crippen LogP contribution >= 0.6 is 0 Å². The molecule has 0 aromatic heterocycles. The van der Waals surface area contributed by atoms with E-state index in [-0.39, 0.29) is 19.0 Å². The molecule has 1 fully saturated rings. The van der Waals surface area contributed by atoms with E-state index in [1.807, 2.05) is 11.8 Å². The molecule has 110 valence electrons. The molecule has 1 amide bonds. The van der Waals surface area contributed by atoms with Crippen molar-refractivity contribution in [3.8, 4) is 0 Å². The molecule has 0 saturated carbocycles. The summed E-state index contributed by atoms with van der Waals surface area (Å²) in [5, 5.41) is 8.85. The number of carbonyl (C=O) groups is 2. The van der Waals surface area contributed by atoms with Gasteiger partial charge in [-0.15, -0.1) is 0 Å². The largest absolute Gasteiger partial charge is 0.480 e. The zero-order chi connectivity index (χ0) is 14.1. The van der Waals surface area contributed by atoms with Gasteiger partial charge in [0.15, 0.2) is 0 Å². The smallest absolute Gasteiger partial charge is 0.317 e. The highest BCUT2D eigenvalue weighted by Crippen LogP contribution is 2.11. The predicted molar refractivity (Wildman–Crippen MR) is 74.0 cm³/mol. The molecule has 19 heavy (non-hydrogen) atoms. The van der Waals surface area contributed by atoms with E-state index in [4.69, 9.17) is 5.11 Å². The van der Waals surface area contributed by atoms with Gasteiger partial charge in [-0.3, -0.25) is 14.5 Å². The zero-order valence-electron chi connectivity index (χ0n) is 11.9.